The fourth-order valence-corrected chi connectivity index (χ4v) is 8.60. The second-order valence-electron chi connectivity index (χ2n) is 5.22. The summed E-state index contributed by atoms with van der Waals surface area (Å²) in [5, 5.41) is 0.493. The molecule has 0 aliphatic carbocycles. The maximum atomic E-state index is 13.1. The summed E-state index contributed by atoms with van der Waals surface area (Å²) in [6.45, 7) is 4.22. The lowest BCUT2D eigenvalue weighted by atomic mass is 10.0. The van der Waals surface area contributed by atoms with Crippen LogP contribution in [0.15, 0.2) is 36.4 Å². The third-order valence-electron chi connectivity index (χ3n) is 3.62. The van der Waals surface area contributed by atoms with Gasteiger partial charge in [-0.1, -0.05) is 35.9 Å². The SMILES string of the molecule is Cc1cc2c(cc1C)CSP(=O)(Oc1ccccc1Cl)SC2. The third-order valence-corrected chi connectivity index (χ3v) is 10.9. The molecule has 0 fully saturated rings. The van der Waals surface area contributed by atoms with Gasteiger partial charge in [-0.15, -0.1) is 0 Å². The van der Waals surface area contributed by atoms with Gasteiger partial charge in [0.25, 0.3) is 0 Å². The highest BCUT2D eigenvalue weighted by Gasteiger charge is 2.31. The van der Waals surface area contributed by atoms with Crippen LogP contribution in [-0.4, -0.2) is 0 Å². The van der Waals surface area contributed by atoms with Gasteiger partial charge in [-0.2, -0.15) is 0 Å². The van der Waals surface area contributed by atoms with Crippen LogP contribution < -0.4 is 4.52 Å². The molecule has 0 amide bonds. The molecule has 2 aromatic carbocycles. The molecule has 0 spiro atoms. The highest BCUT2D eigenvalue weighted by Crippen LogP contribution is 2.72. The lowest BCUT2D eigenvalue weighted by Gasteiger charge is -2.16. The van der Waals surface area contributed by atoms with E-state index in [1.807, 2.05) is 12.1 Å². The summed E-state index contributed by atoms with van der Waals surface area (Å²) in [7, 11) is 0. The molecule has 2 nitrogen and oxygen atoms in total. The zero-order valence-electron chi connectivity index (χ0n) is 12.3. The number of rotatable bonds is 2. The van der Waals surface area contributed by atoms with Gasteiger partial charge in [-0.3, -0.25) is 4.57 Å². The number of aryl methyl sites for hydroxylation is 2. The number of hydrogen-bond acceptors (Lipinski definition) is 4. The molecule has 0 N–H and O–H groups in total. The van der Waals surface area contributed by atoms with Crippen LogP contribution in [0.4, 0.5) is 0 Å². The van der Waals surface area contributed by atoms with Crippen LogP contribution >= 0.6 is 40.1 Å². The molecular formula is C16H16ClO2PS2. The summed E-state index contributed by atoms with van der Waals surface area (Å²) in [4.78, 5) is 0. The summed E-state index contributed by atoms with van der Waals surface area (Å²) >= 11 is 8.88. The molecule has 1 heterocycles. The van der Waals surface area contributed by atoms with Crippen molar-refractivity contribution in [1.82, 2.24) is 0 Å². The summed E-state index contributed by atoms with van der Waals surface area (Å²) in [5.41, 5.74) is 5.04. The molecule has 6 heteroatoms. The topological polar surface area (TPSA) is 26.3 Å². The average Bonchev–Trinajstić information content (AvgIpc) is 2.63. The van der Waals surface area contributed by atoms with Gasteiger partial charge < -0.3 is 4.52 Å². The lowest BCUT2D eigenvalue weighted by molar-refractivity contribution is 0.515. The molecule has 0 unspecified atom stereocenters. The number of benzene rings is 2. The van der Waals surface area contributed by atoms with E-state index in [9.17, 15) is 4.57 Å². The fourth-order valence-electron chi connectivity index (χ4n) is 2.23. The zero-order chi connectivity index (χ0) is 15.7. The Morgan fingerprint density at radius 1 is 1.05 bits per heavy atom. The van der Waals surface area contributed by atoms with Gasteiger partial charge in [-0.05, 0) is 71.0 Å². The van der Waals surface area contributed by atoms with Crippen molar-refractivity contribution < 1.29 is 9.09 Å². The predicted octanol–water partition coefficient (Wildman–Crippen LogP) is 6.62. The van der Waals surface area contributed by atoms with Crippen LogP contribution in [-0.2, 0) is 16.1 Å². The largest absolute Gasteiger partial charge is 0.427 e. The first-order chi connectivity index (χ1) is 10.5. The monoisotopic (exact) mass is 370 g/mol. The van der Waals surface area contributed by atoms with Gasteiger partial charge >= 0.3 is 5.77 Å². The third kappa shape index (κ3) is 3.51. The molecule has 0 aromatic heterocycles. The van der Waals surface area contributed by atoms with Crippen LogP contribution in [0.25, 0.3) is 0 Å². The zero-order valence-corrected chi connectivity index (χ0v) is 15.6. The van der Waals surface area contributed by atoms with E-state index in [2.05, 4.69) is 26.0 Å². The van der Waals surface area contributed by atoms with Gasteiger partial charge in [0.15, 0.2) is 0 Å². The van der Waals surface area contributed by atoms with E-state index >= 15 is 0 Å². The van der Waals surface area contributed by atoms with Crippen molar-refractivity contribution in [2.45, 2.75) is 25.4 Å². The number of hydrogen-bond donors (Lipinski definition) is 0. The Balaban J connectivity index is 1.84. The van der Waals surface area contributed by atoms with E-state index < -0.39 is 5.77 Å². The van der Waals surface area contributed by atoms with Crippen molar-refractivity contribution in [1.29, 1.82) is 0 Å². The highest BCUT2D eigenvalue weighted by atomic mass is 35.5. The van der Waals surface area contributed by atoms with Crippen molar-refractivity contribution in [2.24, 2.45) is 0 Å². The summed E-state index contributed by atoms with van der Waals surface area (Å²) < 4.78 is 18.9. The molecule has 0 atom stereocenters. The van der Waals surface area contributed by atoms with Crippen LogP contribution in [0.5, 0.6) is 5.75 Å². The number of fused-ring (bicyclic) bond motifs is 1. The van der Waals surface area contributed by atoms with Crippen molar-refractivity contribution in [3.63, 3.8) is 0 Å². The molecule has 0 saturated carbocycles. The van der Waals surface area contributed by atoms with Crippen LogP contribution in [0.1, 0.15) is 22.3 Å². The minimum absolute atomic E-state index is 0.491. The predicted molar refractivity (Wildman–Crippen MR) is 98.2 cm³/mol. The minimum Gasteiger partial charge on any atom is -0.427 e. The molecule has 3 rings (SSSR count). The second kappa shape index (κ2) is 6.52. The first-order valence-corrected chi connectivity index (χ1v) is 12.1. The van der Waals surface area contributed by atoms with E-state index in [1.165, 1.54) is 45.0 Å². The lowest BCUT2D eigenvalue weighted by Crippen LogP contribution is -1.92. The fraction of sp³-hybridized carbons (Fsp3) is 0.250. The summed E-state index contributed by atoms with van der Waals surface area (Å²) in [6.07, 6.45) is 0. The molecule has 1 aliphatic rings. The van der Waals surface area contributed by atoms with Crippen molar-refractivity contribution in [2.75, 3.05) is 0 Å². The Kier molecular flexibility index (Phi) is 4.84. The molecule has 22 heavy (non-hydrogen) atoms. The smallest absolute Gasteiger partial charge is 0.360 e. The molecule has 2 aromatic rings. The first kappa shape index (κ1) is 16.3. The summed E-state index contributed by atoms with van der Waals surface area (Å²) in [6, 6.07) is 11.6. The quantitative estimate of drug-likeness (QED) is 0.554. The van der Waals surface area contributed by atoms with Crippen molar-refractivity contribution >= 4 is 40.1 Å². The normalized spacial score (nSPS) is 16.7. The van der Waals surface area contributed by atoms with E-state index in [0.29, 0.717) is 22.3 Å². The molecular weight excluding hydrogens is 355 g/mol. The van der Waals surface area contributed by atoms with E-state index in [1.54, 1.807) is 12.1 Å². The van der Waals surface area contributed by atoms with Gasteiger partial charge in [0.1, 0.15) is 5.75 Å². The first-order valence-electron chi connectivity index (χ1n) is 6.89. The standard InChI is InChI=1S/C16H16ClO2PS2/c1-11-7-13-9-21-20(18,22-10-14(13)8-12(11)2)19-16-6-4-3-5-15(16)17/h3-8H,9-10H2,1-2H3. The second-order valence-corrected chi connectivity index (χ2v) is 12.9. The Labute approximate surface area is 143 Å². The van der Waals surface area contributed by atoms with Gasteiger partial charge in [0, 0.05) is 11.5 Å². The highest BCUT2D eigenvalue weighted by molar-refractivity contribution is 8.89. The molecule has 0 bridgehead atoms. The average molecular weight is 371 g/mol. The van der Waals surface area contributed by atoms with E-state index in [0.717, 1.165) is 0 Å². The Morgan fingerprint density at radius 2 is 1.59 bits per heavy atom. The number of para-hydroxylation sites is 1. The van der Waals surface area contributed by atoms with Crippen molar-refractivity contribution in [3.8, 4) is 5.75 Å². The maximum Gasteiger partial charge on any atom is 0.360 e. The van der Waals surface area contributed by atoms with Gasteiger partial charge in [-0.25, -0.2) is 0 Å². The van der Waals surface area contributed by atoms with E-state index in [4.69, 9.17) is 16.1 Å². The Bertz CT molecular complexity index is 727. The molecule has 0 saturated heterocycles. The molecule has 0 radical (unpaired) electrons. The van der Waals surface area contributed by atoms with Gasteiger partial charge in [0.2, 0.25) is 0 Å². The molecule has 1 aliphatic heterocycles. The number of halogens is 1. The Hall–Kier alpha value is -0.540. The van der Waals surface area contributed by atoms with E-state index in [-0.39, 0.29) is 0 Å². The minimum atomic E-state index is -2.87. The maximum absolute atomic E-state index is 13.1. The summed E-state index contributed by atoms with van der Waals surface area (Å²) in [5.74, 6) is -0.979. The Morgan fingerprint density at radius 3 is 2.14 bits per heavy atom. The molecule has 116 valence electrons. The van der Waals surface area contributed by atoms with Crippen LogP contribution in [0, 0.1) is 13.8 Å². The van der Waals surface area contributed by atoms with Crippen LogP contribution in [0.2, 0.25) is 5.02 Å². The van der Waals surface area contributed by atoms with Gasteiger partial charge in [0.05, 0.1) is 5.02 Å². The van der Waals surface area contributed by atoms with Crippen LogP contribution in [0.3, 0.4) is 0 Å². The van der Waals surface area contributed by atoms with Crippen molar-refractivity contribution in [3.05, 3.63) is 63.7 Å².